The number of nitrogens with zero attached hydrogens (tertiary/aromatic N) is 1. The third kappa shape index (κ3) is 3.40. The smallest absolute Gasteiger partial charge is 0.231 e. The number of amides is 1. The van der Waals surface area contributed by atoms with Gasteiger partial charge in [-0.05, 0) is 18.6 Å². The predicted octanol–water partition coefficient (Wildman–Crippen LogP) is 4.30. The number of carbonyl (C=O) groups excluding carboxylic acids is 1. The molecule has 3 rings (SSSR count). The summed E-state index contributed by atoms with van der Waals surface area (Å²) in [5, 5.41) is 5.75. The Morgan fingerprint density at radius 3 is 2.59 bits per heavy atom. The first-order valence-corrected chi connectivity index (χ1v) is 7.95. The Morgan fingerprint density at radius 2 is 1.82 bits per heavy atom. The molecule has 0 saturated heterocycles. The molecule has 1 amide bonds. The van der Waals surface area contributed by atoms with Gasteiger partial charge in [-0.1, -0.05) is 48.5 Å². The number of anilines is 1. The molecule has 3 nitrogen and oxygen atoms in total. The second-order valence-electron chi connectivity index (χ2n) is 5.03. The normalized spacial score (nSPS) is 10.4. The number of hydrogen-bond acceptors (Lipinski definition) is 3. The molecule has 0 atom stereocenters. The molecule has 4 heteroatoms. The molecule has 1 aromatic heterocycles. The van der Waals surface area contributed by atoms with Crippen molar-refractivity contribution in [3.8, 4) is 11.3 Å². The van der Waals surface area contributed by atoms with Crippen LogP contribution in [0, 0.1) is 6.92 Å². The van der Waals surface area contributed by atoms with Crippen LogP contribution in [0.25, 0.3) is 11.3 Å². The second kappa shape index (κ2) is 6.54. The van der Waals surface area contributed by atoms with E-state index in [0.29, 0.717) is 6.42 Å². The van der Waals surface area contributed by atoms with Crippen LogP contribution >= 0.6 is 11.3 Å². The average Bonchev–Trinajstić information content (AvgIpc) is 2.99. The molecule has 0 aliphatic carbocycles. The van der Waals surface area contributed by atoms with Crippen LogP contribution in [0.15, 0.2) is 60.0 Å². The number of nitrogens with one attached hydrogen (secondary N) is 1. The number of aromatic nitrogens is 1. The average molecular weight is 308 g/mol. The van der Waals surface area contributed by atoms with E-state index in [0.717, 1.165) is 27.5 Å². The fourth-order valence-corrected chi connectivity index (χ4v) is 2.98. The van der Waals surface area contributed by atoms with Gasteiger partial charge in [0.25, 0.3) is 0 Å². The lowest BCUT2D eigenvalue weighted by atomic mass is 10.2. The van der Waals surface area contributed by atoms with Gasteiger partial charge in [0.2, 0.25) is 5.91 Å². The standard InChI is InChI=1S/C18H16N2OS/c1-13-7-5-6-10-15(13)19-17(21)11-18-20-16(12-22-18)14-8-3-2-4-9-14/h2-10,12H,11H2,1H3,(H,19,21). The van der Waals surface area contributed by atoms with Crippen LogP contribution in [0.3, 0.4) is 0 Å². The van der Waals surface area contributed by atoms with Crippen molar-refractivity contribution < 1.29 is 4.79 Å². The summed E-state index contributed by atoms with van der Waals surface area (Å²) in [6.07, 6.45) is 0.297. The number of thiazole rings is 1. The highest BCUT2D eigenvalue weighted by molar-refractivity contribution is 7.10. The molecule has 0 fully saturated rings. The molecule has 0 unspecified atom stereocenters. The first-order chi connectivity index (χ1) is 10.7. The summed E-state index contributed by atoms with van der Waals surface area (Å²) in [4.78, 5) is 16.7. The van der Waals surface area contributed by atoms with Crippen LogP contribution in [0.2, 0.25) is 0 Å². The van der Waals surface area contributed by atoms with E-state index in [1.54, 1.807) is 0 Å². The van der Waals surface area contributed by atoms with Gasteiger partial charge in [-0.3, -0.25) is 4.79 Å². The van der Waals surface area contributed by atoms with E-state index in [2.05, 4.69) is 10.3 Å². The van der Waals surface area contributed by atoms with Crippen molar-refractivity contribution in [2.45, 2.75) is 13.3 Å². The number of carbonyl (C=O) groups is 1. The maximum Gasteiger partial charge on any atom is 0.231 e. The zero-order valence-electron chi connectivity index (χ0n) is 12.2. The van der Waals surface area contributed by atoms with Crippen molar-refractivity contribution >= 4 is 22.9 Å². The Bertz CT molecular complexity index is 781. The molecule has 1 N–H and O–H groups in total. The lowest BCUT2D eigenvalue weighted by molar-refractivity contribution is -0.115. The molecular formula is C18H16N2OS. The summed E-state index contributed by atoms with van der Waals surface area (Å²) in [6.45, 7) is 1.98. The van der Waals surface area contributed by atoms with Crippen LogP contribution in [0.1, 0.15) is 10.6 Å². The van der Waals surface area contributed by atoms with Crippen LogP contribution in [0.5, 0.6) is 0 Å². The highest BCUT2D eigenvalue weighted by Crippen LogP contribution is 2.22. The monoisotopic (exact) mass is 308 g/mol. The first-order valence-electron chi connectivity index (χ1n) is 7.07. The maximum atomic E-state index is 12.1. The number of para-hydroxylation sites is 1. The molecule has 1 heterocycles. The van der Waals surface area contributed by atoms with Crippen molar-refractivity contribution in [1.82, 2.24) is 4.98 Å². The van der Waals surface area contributed by atoms with Gasteiger partial charge < -0.3 is 5.32 Å². The van der Waals surface area contributed by atoms with Gasteiger partial charge in [0, 0.05) is 16.6 Å². The Kier molecular flexibility index (Phi) is 4.30. The zero-order chi connectivity index (χ0) is 15.4. The van der Waals surface area contributed by atoms with E-state index in [1.165, 1.54) is 11.3 Å². The molecule has 3 aromatic rings. The summed E-state index contributed by atoms with van der Waals surface area (Å²) >= 11 is 1.52. The van der Waals surface area contributed by atoms with Crippen molar-refractivity contribution in [1.29, 1.82) is 0 Å². The molecule has 22 heavy (non-hydrogen) atoms. The number of hydrogen-bond donors (Lipinski definition) is 1. The topological polar surface area (TPSA) is 42.0 Å². The largest absolute Gasteiger partial charge is 0.325 e. The van der Waals surface area contributed by atoms with Crippen LogP contribution in [-0.2, 0) is 11.2 Å². The van der Waals surface area contributed by atoms with E-state index >= 15 is 0 Å². The van der Waals surface area contributed by atoms with Gasteiger partial charge in [0.1, 0.15) is 5.01 Å². The fraction of sp³-hybridized carbons (Fsp3) is 0.111. The summed E-state index contributed by atoms with van der Waals surface area (Å²) < 4.78 is 0. The van der Waals surface area contributed by atoms with Crippen molar-refractivity contribution in [2.24, 2.45) is 0 Å². The van der Waals surface area contributed by atoms with E-state index in [4.69, 9.17) is 0 Å². The van der Waals surface area contributed by atoms with E-state index in [1.807, 2.05) is 66.9 Å². The molecule has 0 radical (unpaired) electrons. The van der Waals surface area contributed by atoms with Crippen molar-refractivity contribution in [2.75, 3.05) is 5.32 Å². The predicted molar refractivity (Wildman–Crippen MR) is 91.1 cm³/mol. The van der Waals surface area contributed by atoms with E-state index < -0.39 is 0 Å². The van der Waals surface area contributed by atoms with E-state index in [9.17, 15) is 4.79 Å². The lowest BCUT2D eigenvalue weighted by Gasteiger charge is -2.06. The molecule has 0 spiro atoms. The minimum Gasteiger partial charge on any atom is -0.325 e. The Hall–Kier alpha value is -2.46. The quantitative estimate of drug-likeness (QED) is 0.781. The number of aryl methyl sites for hydroxylation is 1. The minimum absolute atomic E-state index is 0.0386. The summed E-state index contributed by atoms with van der Waals surface area (Å²) in [5.74, 6) is -0.0386. The third-order valence-electron chi connectivity index (χ3n) is 3.35. The van der Waals surface area contributed by atoms with Gasteiger partial charge in [0.15, 0.2) is 0 Å². The maximum absolute atomic E-state index is 12.1. The van der Waals surface area contributed by atoms with Crippen LogP contribution in [0.4, 0.5) is 5.69 Å². The highest BCUT2D eigenvalue weighted by atomic mass is 32.1. The molecule has 0 aliphatic heterocycles. The summed E-state index contributed by atoms with van der Waals surface area (Å²) in [6, 6.07) is 17.7. The lowest BCUT2D eigenvalue weighted by Crippen LogP contribution is -2.14. The molecule has 0 aliphatic rings. The number of rotatable bonds is 4. The van der Waals surface area contributed by atoms with Gasteiger partial charge >= 0.3 is 0 Å². The van der Waals surface area contributed by atoms with Gasteiger partial charge in [0.05, 0.1) is 12.1 Å². The molecule has 110 valence electrons. The summed E-state index contributed by atoms with van der Waals surface area (Å²) in [5.41, 5.74) is 3.90. The molecule has 0 saturated carbocycles. The number of benzene rings is 2. The van der Waals surface area contributed by atoms with E-state index in [-0.39, 0.29) is 5.91 Å². The molecular weight excluding hydrogens is 292 g/mol. The fourth-order valence-electron chi connectivity index (χ4n) is 2.18. The highest BCUT2D eigenvalue weighted by Gasteiger charge is 2.10. The zero-order valence-corrected chi connectivity index (χ0v) is 13.1. The van der Waals surface area contributed by atoms with Gasteiger partial charge in [-0.15, -0.1) is 11.3 Å². The van der Waals surface area contributed by atoms with Gasteiger partial charge in [-0.2, -0.15) is 0 Å². The first kappa shape index (κ1) is 14.5. The van der Waals surface area contributed by atoms with Crippen molar-refractivity contribution in [3.05, 3.63) is 70.5 Å². The summed E-state index contributed by atoms with van der Waals surface area (Å²) in [7, 11) is 0. The third-order valence-corrected chi connectivity index (χ3v) is 4.20. The molecule has 2 aromatic carbocycles. The SMILES string of the molecule is Cc1ccccc1NC(=O)Cc1nc(-c2ccccc2)cs1. The second-order valence-corrected chi connectivity index (χ2v) is 5.98. The molecule has 0 bridgehead atoms. The minimum atomic E-state index is -0.0386. The van der Waals surface area contributed by atoms with Crippen LogP contribution < -0.4 is 5.32 Å². The Morgan fingerprint density at radius 1 is 1.09 bits per heavy atom. The Balaban J connectivity index is 1.68. The van der Waals surface area contributed by atoms with Gasteiger partial charge in [-0.25, -0.2) is 4.98 Å². The van der Waals surface area contributed by atoms with Crippen LogP contribution in [-0.4, -0.2) is 10.9 Å². The van der Waals surface area contributed by atoms with Crippen molar-refractivity contribution in [3.63, 3.8) is 0 Å². The Labute approximate surface area is 133 Å².